The summed E-state index contributed by atoms with van der Waals surface area (Å²) in [6, 6.07) is 3.97. The van der Waals surface area contributed by atoms with Gasteiger partial charge in [0.15, 0.2) is 0 Å². The Kier molecular flexibility index (Phi) is 4.03. The summed E-state index contributed by atoms with van der Waals surface area (Å²) in [7, 11) is 0. The van der Waals surface area contributed by atoms with Gasteiger partial charge in [0, 0.05) is 31.2 Å². The molecule has 0 aromatic carbocycles. The second-order valence-corrected chi connectivity index (χ2v) is 6.24. The molecule has 0 radical (unpaired) electrons. The lowest BCUT2D eigenvalue weighted by atomic mass is 10.1. The first-order valence-corrected chi connectivity index (χ1v) is 7.96. The van der Waals surface area contributed by atoms with Gasteiger partial charge in [-0.3, -0.25) is 15.1 Å². The van der Waals surface area contributed by atoms with Gasteiger partial charge >= 0.3 is 0 Å². The van der Waals surface area contributed by atoms with Crippen molar-refractivity contribution in [1.29, 1.82) is 0 Å². The Morgan fingerprint density at radius 2 is 2.21 bits per heavy atom. The summed E-state index contributed by atoms with van der Waals surface area (Å²) in [4.78, 5) is 18.6. The summed E-state index contributed by atoms with van der Waals surface area (Å²) in [6.45, 7) is 1.86. The average Bonchev–Trinajstić information content (AvgIpc) is 2.98. The van der Waals surface area contributed by atoms with Crippen LogP contribution in [-0.4, -0.2) is 40.7 Å². The number of thioether (sulfide) groups is 1. The Balaban J connectivity index is 1.61. The molecule has 5 heteroatoms. The SMILES string of the molecule is O=C(C1CSC(c2cccnc2)N1)N1CCCCC1. The summed E-state index contributed by atoms with van der Waals surface area (Å²) in [6.07, 6.45) is 7.21. The molecule has 2 saturated heterocycles. The van der Waals surface area contributed by atoms with Gasteiger partial charge in [0.05, 0.1) is 11.4 Å². The van der Waals surface area contributed by atoms with E-state index in [1.165, 1.54) is 6.42 Å². The fourth-order valence-electron chi connectivity index (χ4n) is 2.67. The number of aromatic nitrogens is 1. The highest BCUT2D eigenvalue weighted by Crippen LogP contribution is 2.32. The minimum Gasteiger partial charge on any atom is -0.341 e. The van der Waals surface area contributed by atoms with E-state index in [0.717, 1.165) is 37.2 Å². The van der Waals surface area contributed by atoms with Crippen LogP contribution in [0.4, 0.5) is 0 Å². The molecule has 4 nitrogen and oxygen atoms in total. The number of rotatable bonds is 2. The van der Waals surface area contributed by atoms with Gasteiger partial charge in [0.1, 0.15) is 0 Å². The Bertz CT molecular complexity index is 434. The molecule has 1 amide bonds. The zero-order valence-electron chi connectivity index (χ0n) is 10.9. The van der Waals surface area contributed by atoms with E-state index in [4.69, 9.17) is 0 Å². The van der Waals surface area contributed by atoms with Crippen molar-refractivity contribution in [3.8, 4) is 0 Å². The van der Waals surface area contributed by atoms with Gasteiger partial charge < -0.3 is 4.90 Å². The Hall–Kier alpha value is -1.07. The third-order valence-corrected chi connectivity index (χ3v) is 5.00. The largest absolute Gasteiger partial charge is 0.341 e. The molecule has 1 aromatic rings. The molecule has 0 aliphatic carbocycles. The van der Waals surface area contributed by atoms with Crippen LogP contribution >= 0.6 is 11.8 Å². The summed E-state index contributed by atoms with van der Waals surface area (Å²) >= 11 is 1.80. The number of carbonyl (C=O) groups is 1. The highest BCUT2D eigenvalue weighted by molar-refractivity contribution is 7.99. The number of nitrogens with zero attached hydrogens (tertiary/aromatic N) is 2. The maximum atomic E-state index is 12.4. The van der Waals surface area contributed by atoms with Gasteiger partial charge in [-0.15, -0.1) is 11.8 Å². The number of likely N-dealkylation sites (tertiary alicyclic amines) is 1. The molecule has 2 unspecified atom stereocenters. The van der Waals surface area contributed by atoms with Gasteiger partial charge in [-0.1, -0.05) is 6.07 Å². The minimum absolute atomic E-state index is 0.0340. The summed E-state index contributed by atoms with van der Waals surface area (Å²) < 4.78 is 0. The third kappa shape index (κ3) is 2.92. The smallest absolute Gasteiger partial charge is 0.240 e. The van der Waals surface area contributed by atoms with E-state index in [2.05, 4.69) is 16.4 Å². The number of nitrogens with one attached hydrogen (secondary N) is 1. The molecule has 2 aliphatic rings. The second kappa shape index (κ2) is 5.92. The van der Waals surface area contributed by atoms with Crippen molar-refractivity contribution in [2.75, 3.05) is 18.8 Å². The molecule has 0 saturated carbocycles. The van der Waals surface area contributed by atoms with Crippen LogP contribution in [0.1, 0.15) is 30.2 Å². The van der Waals surface area contributed by atoms with Crippen LogP contribution in [0.15, 0.2) is 24.5 Å². The number of carbonyl (C=O) groups excluding carboxylic acids is 1. The molecule has 102 valence electrons. The van der Waals surface area contributed by atoms with Gasteiger partial charge in [-0.25, -0.2) is 0 Å². The molecular weight excluding hydrogens is 258 g/mol. The molecule has 1 aromatic heterocycles. The Morgan fingerprint density at radius 1 is 1.37 bits per heavy atom. The van der Waals surface area contributed by atoms with Crippen LogP contribution in [0.3, 0.4) is 0 Å². The van der Waals surface area contributed by atoms with E-state index in [1.54, 1.807) is 18.0 Å². The third-order valence-electron chi connectivity index (χ3n) is 3.74. The normalized spacial score (nSPS) is 27.5. The highest BCUT2D eigenvalue weighted by atomic mass is 32.2. The van der Waals surface area contributed by atoms with Gasteiger partial charge in [-0.05, 0) is 30.9 Å². The number of pyridine rings is 1. The van der Waals surface area contributed by atoms with Crippen LogP contribution in [0.5, 0.6) is 0 Å². The summed E-state index contributed by atoms with van der Waals surface area (Å²) in [5.74, 6) is 1.13. The number of hydrogen-bond donors (Lipinski definition) is 1. The van der Waals surface area contributed by atoms with E-state index < -0.39 is 0 Å². The van der Waals surface area contributed by atoms with Crippen molar-refractivity contribution in [2.24, 2.45) is 0 Å². The lowest BCUT2D eigenvalue weighted by Crippen LogP contribution is -2.47. The van der Waals surface area contributed by atoms with Crippen LogP contribution in [0.25, 0.3) is 0 Å². The monoisotopic (exact) mass is 277 g/mol. The minimum atomic E-state index is -0.0340. The molecule has 3 rings (SSSR count). The van der Waals surface area contributed by atoms with Gasteiger partial charge in [-0.2, -0.15) is 0 Å². The first-order chi connectivity index (χ1) is 9.34. The van der Waals surface area contributed by atoms with E-state index in [0.29, 0.717) is 0 Å². The first kappa shape index (κ1) is 12.9. The molecule has 0 spiro atoms. The predicted molar refractivity (Wildman–Crippen MR) is 76.8 cm³/mol. The quantitative estimate of drug-likeness (QED) is 0.895. The lowest BCUT2D eigenvalue weighted by molar-refractivity contribution is -0.133. The van der Waals surface area contributed by atoms with Crippen LogP contribution < -0.4 is 5.32 Å². The lowest BCUT2D eigenvalue weighted by Gasteiger charge is -2.29. The van der Waals surface area contributed by atoms with E-state index in [-0.39, 0.29) is 17.3 Å². The molecule has 19 heavy (non-hydrogen) atoms. The number of piperidine rings is 1. The van der Waals surface area contributed by atoms with Gasteiger partial charge in [0.2, 0.25) is 5.91 Å². The van der Waals surface area contributed by atoms with Crippen molar-refractivity contribution >= 4 is 17.7 Å². The predicted octanol–water partition coefficient (Wildman–Crippen LogP) is 1.80. The molecule has 2 aliphatic heterocycles. The molecular formula is C14H19N3OS. The average molecular weight is 277 g/mol. The molecule has 1 N–H and O–H groups in total. The molecule has 2 atom stereocenters. The van der Waals surface area contributed by atoms with Crippen molar-refractivity contribution in [1.82, 2.24) is 15.2 Å². The van der Waals surface area contributed by atoms with Crippen LogP contribution in [0, 0.1) is 0 Å². The Labute approximate surface area is 118 Å². The number of amides is 1. The van der Waals surface area contributed by atoms with E-state index in [9.17, 15) is 4.79 Å². The van der Waals surface area contributed by atoms with Crippen LogP contribution in [-0.2, 0) is 4.79 Å². The van der Waals surface area contributed by atoms with Crippen molar-refractivity contribution < 1.29 is 4.79 Å². The number of hydrogen-bond acceptors (Lipinski definition) is 4. The Morgan fingerprint density at radius 3 is 2.95 bits per heavy atom. The van der Waals surface area contributed by atoms with Crippen molar-refractivity contribution in [2.45, 2.75) is 30.7 Å². The van der Waals surface area contributed by atoms with E-state index >= 15 is 0 Å². The molecule has 2 fully saturated rings. The maximum Gasteiger partial charge on any atom is 0.240 e. The molecule has 0 bridgehead atoms. The topological polar surface area (TPSA) is 45.2 Å². The van der Waals surface area contributed by atoms with Gasteiger partial charge in [0.25, 0.3) is 0 Å². The van der Waals surface area contributed by atoms with E-state index in [1.807, 2.05) is 17.2 Å². The zero-order valence-corrected chi connectivity index (χ0v) is 11.7. The van der Waals surface area contributed by atoms with Crippen molar-refractivity contribution in [3.63, 3.8) is 0 Å². The fourth-order valence-corrected chi connectivity index (χ4v) is 3.89. The van der Waals surface area contributed by atoms with Crippen molar-refractivity contribution in [3.05, 3.63) is 30.1 Å². The summed E-state index contributed by atoms with van der Waals surface area (Å²) in [5, 5.41) is 3.64. The summed E-state index contributed by atoms with van der Waals surface area (Å²) in [5.41, 5.74) is 1.15. The highest BCUT2D eigenvalue weighted by Gasteiger charge is 2.33. The maximum absolute atomic E-state index is 12.4. The fraction of sp³-hybridized carbons (Fsp3) is 0.571. The standard InChI is InChI=1S/C14H19N3OS/c18-14(17-7-2-1-3-8-17)12-10-19-13(16-12)11-5-4-6-15-9-11/h4-6,9,12-13,16H,1-3,7-8,10H2. The van der Waals surface area contributed by atoms with Crippen LogP contribution in [0.2, 0.25) is 0 Å². The first-order valence-electron chi connectivity index (χ1n) is 6.91. The zero-order chi connectivity index (χ0) is 13.1. The second-order valence-electron chi connectivity index (χ2n) is 5.10. The molecule has 3 heterocycles.